The van der Waals surface area contributed by atoms with Crippen molar-refractivity contribution in [3.05, 3.63) is 41.9 Å². The van der Waals surface area contributed by atoms with Crippen LogP contribution in [0, 0.1) is 0 Å². The zero-order valence-electron chi connectivity index (χ0n) is 10.9. The van der Waals surface area contributed by atoms with Crippen LogP contribution in [0.5, 0.6) is 0 Å². The lowest BCUT2D eigenvalue weighted by atomic mass is 9.99. The number of aryl methyl sites for hydroxylation is 1. The van der Waals surface area contributed by atoms with Gasteiger partial charge in [-0.25, -0.2) is 4.98 Å². The van der Waals surface area contributed by atoms with Gasteiger partial charge in [-0.1, -0.05) is 0 Å². The summed E-state index contributed by atoms with van der Waals surface area (Å²) in [7, 11) is 0. The molecule has 102 valence electrons. The number of furan rings is 1. The summed E-state index contributed by atoms with van der Waals surface area (Å²) >= 11 is 0. The Bertz CT molecular complexity index is 532. The zero-order valence-corrected chi connectivity index (χ0v) is 10.9. The van der Waals surface area contributed by atoms with Crippen LogP contribution in [-0.2, 0) is 19.7 Å². The van der Waals surface area contributed by atoms with Gasteiger partial charge in [-0.2, -0.15) is 0 Å². The molecule has 0 radical (unpaired) electrons. The molecule has 2 N–H and O–H groups in total. The maximum absolute atomic E-state index is 8.94. The van der Waals surface area contributed by atoms with Crippen LogP contribution in [0.2, 0.25) is 0 Å². The highest BCUT2D eigenvalue weighted by Crippen LogP contribution is 2.24. The molecule has 1 aliphatic heterocycles. The smallest absolute Gasteiger partial charge is 0.129 e. The van der Waals surface area contributed by atoms with E-state index in [-0.39, 0.29) is 6.61 Å². The van der Waals surface area contributed by atoms with Crippen LogP contribution < -0.4 is 5.32 Å². The zero-order chi connectivity index (χ0) is 13.1. The summed E-state index contributed by atoms with van der Waals surface area (Å²) in [5, 5.41) is 12.4. The lowest BCUT2D eigenvalue weighted by molar-refractivity contribution is 0.242. The highest BCUT2D eigenvalue weighted by Gasteiger charge is 2.20. The van der Waals surface area contributed by atoms with Gasteiger partial charge in [0.05, 0.1) is 6.54 Å². The number of aliphatic hydroxyl groups excluding tert-OH is 1. The maximum Gasteiger partial charge on any atom is 0.129 e. The Hall–Kier alpha value is -1.59. The summed E-state index contributed by atoms with van der Waals surface area (Å²) in [6, 6.07) is 3.71. The molecule has 0 aliphatic carbocycles. The van der Waals surface area contributed by atoms with Crippen LogP contribution in [-0.4, -0.2) is 21.2 Å². The molecule has 0 bridgehead atoms. The number of nitrogens with zero attached hydrogens (tertiary/aromatic N) is 2. The summed E-state index contributed by atoms with van der Waals surface area (Å²) < 4.78 is 7.69. The lowest BCUT2D eigenvalue weighted by Crippen LogP contribution is -2.26. The van der Waals surface area contributed by atoms with Crippen molar-refractivity contribution in [3.63, 3.8) is 0 Å². The monoisotopic (exact) mass is 261 g/mol. The predicted octanol–water partition coefficient (Wildman–Crippen LogP) is 1.64. The SMILES string of the molecule is OCc1ccc(CNC[C@@H]2CCCn3ccnc32)o1. The average Bonchev–Trinajstić information content (AvgIpc) is 3.07. The molecule has 5 nitrogen and oxygen atoms in total. The van der Waals surface area contributed by atoms with Crippen molar-refractivity contribution in [1.29, 1.82) is 0 Å². The lowest BCUT2D eigenvalue weighted by Gasteiger charge is -2.23. The van der Waals surface area contributed by atoms with Gasteiger partial charge in [-0.3, -0.25) is 0 Å². The second-order valence-corrected chi connectivity index (χ2v) is 4.98. The molecule has 19 heavy (non-hydrogen) atoms. The van der Waals surface area contributed by atoms with Gasteiger partial charge >= 0.3 is 0 Å². The molecule has 3 heterocycles. The Morgan fingerprint density at radius 2 is 2.32 bits per heavy atom. The van der Waals surface area contributed by atoms with Crippen LogP contribution >= 0.6 is 0 Å². The fraction of sp³-hybridized carbons (Fsp3) is 0.500. The first kappa shape index (κ1) is 12.4. The van der Waals surface area contributed by atoms with Crippen LogP contribution in [0.25, 0.3) is 0 Å². The summed E-state index contributed by atoms with van der Waals surface area (Å²) in [5.41, 5.74) is 0. The topological polar surface area (TPSA) is 63.2 Å². The van der Waals surface area contributed by atoms with Crippen molar-refractivity contribution in [2.24, 2.45) is 0 Å². The average molecular weight is 261 g/mol. The maximum atomic E-state index is 8.94. The van der Waals surface area contributed by atoms with E-state index in [9.17, 15) is 0 Å². The van der Waals surface area contributed by atoms with E-state index >= 15 is 0 Å². The van der Waals surface area contributed by atoms with Crippen molar-refractivity contribution in [2.75, 3.05) is 6.54 Å². The predicted molar refractivity (Wildman–Crippen MR) is 70.5 cm³/mol. The number of hydrogen-bond acceptors (Lipinski definition) is 4. The van der Waals surface area contributed by atoms with Crippen LogP contribution in [0.3, 0.4) is 0 Å². The van der Waals surface area contributed by atoms with Crippen LogP contribution in [0.4, 0.5) is 0 Å². The van der Waals surface area contributed by atoms with E-state index in [0.717, 1.165) is 18.8 Å². The van der Waals surface area contributed by atoms with E-state index < -0.39 is 0 Å². The number of imidazole rings is 1. The van der Waals surface area contributed by atoms with E-state index in [1.807, 2.05) is 18.3 Å². The Kier molecular flexibility index (Phi) is 3.66. The molecule has 0 aromatic carbocycles. The first-order valence-corrected chi connectivity index (χ1v) is 6.77. The second-order valence-electron chi connectivity index (χ2n) is 4.98. The van der Waals surface area contributed by atoms with E-state index in [2.05, 4.69) is 21.1 Å². The van der Waals surface area contributed by atoms with Crippen molar-refractivity contribution < 1.29 is 9.52 Å². The number of rotatable bonds is 5. The van der Waals surface area contributed by atoms with Crippen molar-refractivity contribution in [1.82, 2.24) is 14.9 Å². The molecule has 1 aliphatic rings. The number of aromatic nitrogens is 2. The third kappa shape index (κ3) is 2.72. The first-order chi connectivity index (χ1) is 9.36. The Balaban J connectivity index is 1.53. The third-order valence-corrected chi connectivity index (χ3v) is 3.63. The van der Waals surface area contributed by atoms with Gasteiger partial charge in [0.25, 0.3) is 0 Å². The van der Waals surface area contributed by atoms with Gasteiger partial charge in [0.2, 0.25) is 0 Å². The molecule has 0 amide bonds. The number of hydrogen-bond donors (Lipinski definition) is 2. The Labute approximate surface area is 112 Å². The fourth-order valence-corrected chi connectivity index (χ4v) is 2.67. The fourth-order valence-electron chi connectivity index (χ4n) is 2.67. The minimum absolute atomic E-state index is 0.0416. The van der Waals surface area contributed by atoms with Crippen molar-refractivity contribution in [3.8, 4) is 0 Å². The Morgan fingerprint density at radius 3 is 3.16 bits per heavy atom. The van der Waals surface area contributed by atoms with E-state index in [1.54, 1.807) is 0 Å². The second kappa shape index (κ2) is 5.59. The molecule has 2 aromatic heterocycles. The van der Waals surface area contributed by atoms with Crippen LogP contribution in [0.15, 0.2) is 28.9 Å². The number of fused-ring (bicyclic) bond motifs is 1. The van der Waals surface area contributed by atoms with Gasteiger partial charge in [-0.05, 0) is 25.0 Å². The molecule has 0 saturated heterocycles. The summed E-state index contributed by atoms with van der Waals surface area (Å²) in [5.74, 6) is 3.15. The summed E-state index contributed by atoms with van der Waals surface area (Å²) in [6.07, 6.45) is 6.34. The third-order valence-electron chi connectivity index (χ3n) is 3.63. The minimum Gasteiger partial charge on any atom is -0.462 e. The van der Waals surface area contributed by atoms with E-state index in [4.69, 9.17) is 9.52 Å². The highest BCUT2D eigenvalue weighted by molar-refractivity contribution is 5.07. The largest absolute Gasteiger partial charge is 0.462 e. The van der Waals surface area contributed by atoms with Gasteiger partial charge in [0.1, 0.15) is 24.0 Å². The molecule has 0 unspecified atom stereocenters. The quantitative estimate of drug-likeness (QED) is 0.858. The van der Waals surface area contributed by atoms with Crippen LogP contribution in [0.1, 0.15) is 36.1 Å². The molecule has 3 rings (SSSR count). The number of aliphatic hydroxyl groups is 1. The molecule has 1 atom stereocenters. The molecule has 5 heteroatoms. The first-order valence-electron chi connectivity index (χ1n) is 6.77. The summed E-state index contributed by atoms with van der Waals surface area (Å²) in [6.45, 7) is 2.65. The molecule has 2 aromatic rings. The van der Waals surface area contributed by atoms with Crippen molar-refractivity contribution in [2.45, 2.75) is 38.5 Å². The van der Waals surface area contributed by atoms with Gasteiger partial charge in [0, 0.05) is 31.4 Å². The minimum atomic E-state index is -0.0416. The molecule has 0 saturated carbocycles. The van der Waals surface area contributed by atoms with Gasteiger partial charge in [-0.15, -0.1) is 0 Å². The van der Waals surface area contributed by atoms with E-state index in [0.29, 0.717) is 18.2 Å². The number of nitrogens with one attached hydrogen (secondary N) is 1. The Morgan fingerprint density at radius 1 is 1.42 bits per heavy atom. The van der Waals surface area contributed by atoms with Gasteiger partial charge in [0.15, 0.2) is 0 Å². The summed E-state index contributed by atoms with van der Waals surface area (Å²) in [4.78, 5) is 4.45. The highest BCUT2D eigenvalue weighted by atomic mass is 16.4. The van der Waals surface area contributed by atoms with Crippen molar-refractivity contribution >= 4 is 0 Å². The van der Waals surface area contributed by atoms with E-state index in [1.165, 1.54) is 18.7 Å². The molecular formula is C14H19N3O2. The molecular weight excluding hydrogens is 242 g/mol. The normalized spacial score (nSPS) is 18.5. The van der Waals surface area contributed by atoms with Gasteiger partial charge < -0.3 is 19.4 Å². The molecule has 0 fully saturated rings. The standard InChI is InChI=1S/C14H19N3O2/c18-10-13-4-3-12(19-13)9-15-8-11-2-1-6-17-7-5-16-14(11)17/h3-5,7,11,15,18H,1-2,6,8-10H2/t11-/m0/s1. The molecule has 0 spiro atoms.